The zero-order valence-electron chi connectivity index (χ0n) is 13.0. The van der Waals surface area contributed by atoms with Crippen molar-refractivity contribution in [2.24, 2.45) is 0 Å². The summed E-state index contributed by atoms with van der Waals surface area (Å²) in [4.78, 5) is 25.8. The number of halogens is 1. The molecule has 0 aliphatic rings. The van der Waals surface area contributed by atoms with Crippen LogP contribution in [0.25, 0.3) is 0 Å². The number of amides is 1. The van der Waals surface area contributed by atoms with Gasteiger partial charge in [-0.2, -0.15) is 0 Å². The number of rotatable bonds is 6. The van der Waals surface area contributed by atoms with Gasteiger partial charge in [0.15, 0.2) is 0 Å². The van der Waals surface area contributed by atoms with Crippen molar-refractivity contribution in [2.45, 2.75) is 12.6 Å². The lowest BCUT2D eigenvalue weighted by molar-refractivity contribution is -0.130. The molecule has 0 fully saturated rings. The lowest BCUT2D eigenvalue weighted by Crippen LogP contribution is -2.31. The Morgan fingerprint density at radius 3 is 2.68 bits per heavy atom. The van der Waals surface area contributed by atoms with Crippen molar-refractivity contribution < 1.29 is 18.7 Å². The molecule has 0 saturated heterocycles. The van der Waals surface area contributed by atoms with E-state index in [4.69, 9.17) is 20.8 Å². The SMILES string of the molecule is O=C(O[C@@H](C(=O)NCc1cccs1)c1ccccc1Cl)c1ccco1. The van der Waals surface area contributed by atoms with Crippen LogP contribution in [0.2, 0.25) is 5.02 Å². The Bertz CT molecular complexity index is 846. The predicted molar refractivity (Wildman–Crippen MR) is 94.5 cm³/mol. The van der Waals surface area contributed by atoms with Gasteiger partial charge in [-0.1, -0.05) is 35.9 Å². The van der Waals surface area contributed by atoms with Crippen molar-refractivity contribution in [2.75, 3.05) is 0 Å². The summed E-state index contributed by atoms with van der Waals surface area (Å²) in [6.07, 6.45) is 0.184. The average Bonchev–Trinajstić information content (AvgIpc) is 3.31. The minimum atomic E-state index is -1.17. The summed E-state index contributed by atoms with van der Waals surface area (Å²) in [5.74, 6) is -1.18. The minimum absolute atomic E-state index is 0.0168. The second kappa shape index (κ2) is 8.00. The molecule has 128 valence electrons. The maximum absolute atomic E-state index is 12.6. The monoisotopic (exact) mass is 375 g/mol. The molecule has 3 rings (SSSR count). The van der Waals surface area contributed by atoms with Gasteiger partial charge in [-0.3, -0.25) is 4.79 Å². The summed E-state index contributed by atoms with van der Waals surface area (Å²) in [7, 11) is 0. The number of carbonyl (C=O) groups is 2. The fourth-order valence-electron chi connectivity index (χ4n) is 2.19. The third-order valence-corrected chi connectivity index (χ3v) is 4.61. The number of nitrogens with one attached hydrogen (secondary N) is 1. The highest BCUT2D eigenvalue weighted by Crippen LogP contribution is 2.27. The minimum Gasteiger partial charge on any atom is -0.457 e. The normalized spacial score (nSPS) is 11.7. The number of hydrogen-bond donors (Lipinski definition) is 1. The molecule has 25 heavy (non-hydrogen) atoms. The fourth-order valence-corrected chi connectivity index (χ4v) is 3.07. The number of ether oxygens (including phenoxy) is 1. The van der Waals surface area contributed by atoms with Crippen molar-refractivity contribution in [3.05, 3.63) is 81.4 Å². The van der Waals surface area contributed by atoms with Crippen molar-refractivity contribution in [3.63, 3.8) is 0 Å². The van der Waals surface area contributed by atoms with Gasteiger partial charge in [0.2, 0.25) is 11.9 Å². The van der Waals surface area contributed by atoms with Crippen LogP contribution in [-0.2, 0) is 16.1 Å². The second-order valence-corrected chi connectivity index (χ2v) is 6.52. The molecule has 0 aliphatic heterocycles. The van der Waals surface area contributed by atoms with Crippen LogP contribution in [0, 0.1) is 0 Å². The summed E-state index contributed by atoms with van der Waals surface area (Å²) in [5, 5.41) is 5.03. The third kappa shape index (κ3) is 4.29. The van der Waals surface area contributed by atoms with Gasteiger partial charge >= 0.3 is 5.97 Å². The maximum atomic E-state index is 12.6. The largest absolute Gasteiger partial charge is 0.457 e. The number of hydrogen-bond acceptors (Lipinski definition) is 5. The van der Waals surface area contributed by atoms with Gasteiger partial charge in [-0.05, 0) is 29.6 Å². The highest BCUT2D eigenvalue weighted by atomic mass is 35.5. The molecule has 1 amide bonds. The zero-order valence-corrected chi connectivity index (χ0v) is 14.5. The van der Waals surface area contributed by atoms with Crippen molar-refractivity contribution in [1.29, 1.82) is 0 Å². The van der Waals surface area contributed by atoms with Crippen LogP contribution in [0.4, 0.5) is 0 Å². The Morgan fingerprint density at radius 2 is 2.00 bits per heavy atom. The Labute approximate surface area is 153 Å². The number of esters is 1. The van der Waals surface area contributed by atoms with E-state index in [-0.39, 0.29) is 5.76 Å². The van der Waals surface area contributed by atoms with Gasteiger partial charge in [-0.15, -0.1) is 11.3 Å². The molecule has 0 spiro atoms. The molecule has 1 atom stereocenters. The summed E-state index contributed by atoms with van der Waals surface area (Å²) >= 11 is 7.70. The molecular weight excluding hydrogens is 362 g/mol. The number of benzene rings is 1. The van der Waals surface area contributed by atoms with Crippen LogP contribution in [0.5, 0.6) is 0 Å². The highest BCUT2D eigenvalue weighted by Gasteiger charge is 2.28. The van der Waals surface area contributed by atoms with Crippen LogP contribution >= 0.6 is 22.9 Å². The summed E-state index contributed by atoms with van der Waals surface area (Å²) < 4.78 is 10.4. The van der Waals surface area contributed by atoms with Crippen molar-refractivity contribution >= 4 is 34.8 Å². The third-order valence-electron chi connectivity index (χ3n) is 3.39. The first-order valence-corrected chi connectivity index (χ1v) is 8.70. The second-order valence-electron chi connectivity index (χ2n) is 5.08. The fraction of sp³-hybridized carbons (Fsp3) is 0.111. The van der Waals surface area contributed by atoms with Gasteiger partial charge in [-0.25, -0.2) is 4.79 Å². The topological polar surface area (TPSA) is 68.5 Å². The molecule has 0 aliphatic carbocycles. The Kier molecular flexibility index (Phi) is 5.53. The average molecular weight is 376 g/mol. The molecule has 5 nitrogen and oxygen atoms in total. The predicted octanol–water partition coefficient (Wildman–Crippen LogP) is 4.21. The van der Waals surface area contributed by atoms with Crippen molar-refractivity contribution in [1.82, 2.24) is 5.32 Å². The molecule has 0 bridgehead atoms. The lowest BCUT2D eigenvalue weighted by Gasteiger charge is -2.18. The van der Waals surface area contributed by atoms with Gasteiger partial charge in [0.1, 0.15) is 0 Å². The molecule has 3 aromatic rings. The maximum Gasteiger partial charge on any atom is 0.375 e. The Balaban J connectivity index is 1.79. The number of thiophene rings is 1. The molecule has 2 heterocycles. The molecule has 0 saturated carbocycles. The zero-order chi connectivity index (χ0) is 17.6. The van der Waals surface area contributed by atoms with Crippen LogP contribution in [0.3, 0.4) is 0 Å². The van der Waals surface area contributed by atoms with Crippen molar-refractivity contribution in [3.8, 4) is 0 Å². The van der Waals surface area contributed by atoms with E-state index in [2.05, 4.69) is 5.32 Å². The van der Waals surface area contributed by atoms with E-state index in [9.17, 15) is 9.59 Å². The molecule has 0 unspecified atom stereocenters. The van der Waals surface area contributed by atoms with E-state index in [1.165, 1.54) is 23.7 Å². The molecule has 7 heteroatoms. The summed E-state index contributed by atoms with van der Waals surface area (Å²) in [5.41, 5.74) is 0.410. The Morgan fingerprint density at radius 1 is 1.16 bits per heavy atom. The van der Waals surface area contributed by atoms with E-state index < -0.39 is 18.0 Å². The number of furan rings is 1. The van der Waals surface area contributed by atoms with Gasteiger partial charge in [0.25, 0.3) is 5.91 Å². The van der Waals surface area contributed by atoms with Crippen LogP contribution in [0.15, 0.2) is 64.6 Å². The van der Waals surface area contributed by atoms with Crippen LogP contribution in [0.1, 0.15) is 27.1 Å². The first kappa shape index (κ1) is 17.3. The number of carbonyl (C=O) groups excluding carboxylic acids is 2. The molecular formula is C18H14ClNO4S. The van der Waals surface area contributed by atoms with Crippen LogP contribution < -0.4 is 5.32 Å². The Hall–Kier alpha value is -2.57. The highest BCUT2D eigenvalue weighted by molar-refractivity contribution is 7.09. The molecule has 0 radical (unpaired) electrons. The first-order chi connectivity index (χ1) is 12.1. The van der Waals surface area contributed by atoms with E-state index in [0.29, 0.717) is 17.1 Å². The lowest BCUT2D eigenvalue weighted by atomic mass is 10.1. The first-order valence-electron chi connectivity index (χ1n) is 7.44. The smallest absolute Gasteiger partial charge is 0.375 e. The quantitative estimate of drug-likeness (QED) is 0.655. The van der Waals surface area contributed by atoms with E-state index in [0.717, 1.165) is 4.88 Å². The van der Waals surface area contributed by atoms with Crippen LogP contribution in [-0.4, -0.2) is 11.9 Å². The van der Waals surface area contributed by atoms with Gasteiger partial charge in [0.05, 0.1) is 12.8 Å². The van der Waals surface area contributed by atoms with E-state index >= 15 is 0 Å². The van der Waals surface area contributed by atoms with Gasteiger partial charge in [0, 0.05) is 15.5 Å². The van der Waals surface area contributed by atoms with Gasteiger partial charge < -0.3 is 14.5 Å². The molecule has 1 N–H and O–H groups in total. The summed E-state index contributed by atoms with van der Waals surface area (Å²) in [6.45, 7) is 0.343. The summed E-state index contributed by atoms with van der Waals surface area (Å²) in [6, 6.07) is 13.6. The molecule has 1 aromatic carbocycles. The van der Waals surface area contributed by atoms with E-state index in [1.807, 2.05) is 17.5 Å². The van der Waals surface area contributed by atoms with E-state index in [1.54, 1.807) is 30.3 Å². The molecule has 2 aromatic heterocycles. The standard InChI is InChI=1S/C18H14ClNO4S/c19-14-7-2-1-6-13(14)16(24-18(22)15-8-3-9-23-15)17(21)20-11-12-5-4-10-25-12/h1-10,16H,11H2,(H,20,21)/t16-/m1/s1.